The molecule has 1 fully saturated rings. The minimum Gasteiger partial charge on any atom is -0.322 e. The van der Waals surface area contributed by atoms with Gasteiger partial charge in [-0.2, -0.15) is 4.31 Å². The number of Topliss-reactive ketones (excluding diaryl/α,β-unsaturated/α-hetero) is 1. The predicted octanol–water partition coefficient (Wildman–Crippen LogP) is 4.33. The average Bonchev–Trinajstić information content (AvgIpc) is 2.73. The Hall–Kier alpha value is -2.03. The number of nitrogens with one attached hydrogen (secondary N) is 1. The normalized spacial score (nSPS) is 15.9. The molecular weight excluding hydrogens is 468 g/mol. The van der Waals surface area contributed by atoms with Crippen LogP contribution in [0.4, 0.5) is 5.69 Å². The zero-order valence-electron chi connectivity index (χ0n) is 17.0. The highest BCUT2D eigenvalue weighted by atomic mass is 79.9. The third-order valence-corrected chi connectivity index (χ3v) is 7.63. The number of rotatable bonds is 6. The number of hydrogen-bond donors (Lipinski definition) is 1. The molecule has 6 nitrogen and oxygen atoms in total. The summed E-state index contributed by atoms with van der Waals surface area (Å²) in [6.45, 7) is 4.35. The van der Waals surface area contributed by atoms with Crippen LogP contribution in [0.5, 0.6) is 0 Å². The molecular formula is C22H25BrN2O4S. The van der Waals surface area contributed by atoms with E-state index in [4.69, 9.17) is 0 Å². The molecule has 0 spiro atoms. The van der Waals surface area contributed by atoms with Crippen LogP contribution in [0.15, 0.2) is 57.9 Å². The fraction of sp³-hybridized carbons (Fsp3) is 0.364. The van der Waals surface area contributed by atoms with Crippen molar-refractivity contribution in [2.45, 2.75) is 31.6 Å². The van der Waals surface area contributed by atoms with Crippen molar-refractivity contribution in [2.24, 2.45) is 11.8 Å². The highest BCUT2D eigenvalue weighted by Crippen LogP contribution is 2.26. The SMILES string of the molecule is CC(C)C(=O)C1CCN(S(=O)(=O)c2cccc(C(=O)Nc3cccc(Br)c3)c2)CC1. The van der Waals surface area contributed by atoms with Gasteiger partial charge in [-0.3, -0.25) is 9.59 Å². The van der Waals surface area contributed by atoms with Crippen molar-refractivity contribution in [3.8, 4) is 0 Å². The minimum absolute atomic E-state index is 0.0430. The van der Waals surface area contributed by atoms with Gasteiger partial charge in [-0.15, -0.1) is 0 Å². The number of benzene rings is 2. The molecule has 1 aliphatic heterocycles. The summed E-state index contributed by atoms with van der Waals surface area (Å²) in [6.07, 6.45) is 1.05. The van der Waals surface area contributed by atoms with Crippen LogP contribution in [0.3, 0.4) is 0 Å². The van der Waals surface area contributed by atoms with Gasteiger partial charge >= 0.3 is 0 Å². The molecule has 2 aromatic rings. The lowest BCUT2D eigenvalue weighted by atomic mass is 9.88. The molecule has 0 atom stereocenters. The average molecular weight is 493 g/mol. The van der Waals surface area contributed by atoms with Gasteiger partial charge in [-0.25, -0.2) is 8.42 Å². The first-order valence-electron chi connectivity index (χ1n) is 9.89. The Balaban J connectivity index is 1.73. The maximum Gasteiger partial charge on any atom is 0.255 e. The van der Waals surface area contributed by atoms with Crippen molar-refractivity contribution >= 4 is 43.3 Å². The second kappa shape index (κ2) is 9.41. The summed E-state index contributed by atoms with van der Waals surface area (Å²) in [5.41, 5.74) is 0.875. The maximum atomic E-state index is 13.1. The van der Waals surface area contributed by atoms with E-state index in [1.807, 2.05) is 19.9 Å². The number of carbonyl (C=O) groups is 2. The van der Waals surface area contributed by atoms with Crippen molar-refractivity contribution in [3.05, 3.63) is 58.6 Å². The summed E-state index contributed by atoms with van der Waals surface area (Å²) in [5, 5.41) is 2.77. The molecule has 8 heteroatoms. The van der Waals surface area contributed by atoms with Gasteiger partial charge in [0.05, 0.1) is 4.90 Å². The lowest BCUT2D eigenvalue weighted by Crippen LogP contribution is -2.41. The number of nitrogens with zero attached hydrogens (tertiary/aromatic N) is 1. The van der Waals surface area contributed by atoms with Gasteiger partial charge in [0.2, 0.25) is 10.0 Å². The Morgan fingerprint density at radius 3 is 2.37 bits per heavy atom. The van der Waals surface area contributed by atoms with Crippen LogP contribution >= 0.6 is 15.9 Å². The number of anilines is 1. The molecule has 0 aromatic heterocycles. The molecule has 0 bridgehead atoms. The van der Waals surface area contributed by atoms with E-state index in [1.165, 1.54) is 16.4 Å². The second-order valence-corrected chi connectivity index (χ2v) is 10.6. The van der Waals surface area contributed by atoms with Gasteiger partial charge in [0.1, 0.15) is 5.78 Å². The van der Waals surface area contributed by atoms with Crippen molar-refractivity contribution in [3.63, 3.8) is 0 Å². The van der Waals surface area contributed by atoms with Gasteiger partial charge in [0.25, 0.3) is 5.91 Å². The Bertz CT molecular complexity index is 1040. The minimum atomic E-state index is -3.73. The Kier molecular flexibility index (Phi) is 7.10. The van der Waals surface area contributed by atoms with E-state index < -0.39 is 10.0 Å². The van der Waals surface area contributed by atoms with Crippen molar-refractivity contribution in [2.75, 3.05) is 18.4 Å². The van der Waals surface area contributed by atoms with Gasteiger partial charge < -0.3 is 5.32 Å². The van der Waals surface area contributed by atoms with E-state index in [1.54, 1.807) is 30.3 Å². The molecule has 2 aromatic carbocycles. The molecule has 0 unspecified atom stereocenters. The molecule has 1 aliphatic rings. The number of hydrogen-bond acceptors (Lipinski definition) is 4. The summed E-state index contributed by atoms with van der Waals surface area (Å²) >= 11 is 3.35. The second-order valence-electron chi connectivity index (χ2n) is 7.73. The predicted molar refractivity (Wildman–Crippen MR) is 120 cm³/mol. The quantitative estimate of drug-likeness (QED) is 0.650. The van der Waals surface area contributed by atoms with Gasteiger partial charge in [-0.1, -0.05) is 41.9 Å². The van der Waals surface area contributed by atoms with Gasteiger partial charge in [0, 0.05) is 40.6 Å². The van der Waals surface area contributed by atoms with Crippen LogP contribution in [0.25, 0.3) is 0 Å². The molecule has 30 heavy (non-hydrogen) atoms. The lowest BCUT2D eigenvalue weighted by molar-refractivity contribution is -0.126. The number of piperidine rings is 1. The summed E-state index contributed by atoms with van der Waals surface area (Å²) in [4.78, 5) is 24.9. The van der Waals surface area contributed by atoms with E-state index >= 15 is 0 Å². The number of sulfonamides is 1. The van der Waals surface area contributed by atoms with Crippen LogP contribution in [0.1, 0.15) is 37.0 Å². The van der Waals surface area contributed by atoms with Crippen molar-refractivity contribution in [1.82, 2.24) is 4.31 Å². The first kappa shape index (κ1) is 22.7. The monoisotopic (exact) mass is 492 g/mol. The lowest BCUT2D eigenvalue weighted by Gasteiger charge is -2.31. The Morgan fingerprint density at radius 2 is 1.73 bits per heavy atom. The first-order chi connectivity index (χ1) is 14.2. The number of carbonyl (C=O) groups excluding carboxylic acids is 2. The molecule has 3 rings (SSSR count). The summed E-state index contributed by atoms with van der Waals surface area (Å²) in [5.74, 6) is -0.318. The molecule has 1 saturated heterocycles. The smallest absolute Gasteiger partial charge is 0.255 e. The fourth-order valence-electron chi connectivity index (χ4n) is 3.57. The van der Waals surface area contributed by atoms with E-state index in [-0.39, 0.29) is 34.0 Å². The van der Waals surface area contributed by atoms with E-state index in [0.29, 0.717) is 31.6 Å². The number of amides is 1. The zero-order chi connectivity index (χ0) is 21.9. The highest BCUT2D eigenvalue weighted by Gasteiger charge is 2.32. The maximum absolute atomic E-state index is 13.1. The topological polar surface area (TPSA) is 83.6 Å². The summed E-state index contributed by atoms with van der Waals surface area (Å²) in [6, 6.07) is 13.2. The van der Waals surface area contributed by atoms with Gasteiger partial charge in [-0.05, 0) is 49.2 Å². The zero-order valence-corrected chi connectivity index (χ0v) is 19.4. The van der Waals surface area contributed by atoms with Gasteiger partial charge in [0.15, 0.2) is 0 Å². The first-order valence-corrected chi connectivity index (χ1v) is 12.1. The number of halogens is 1. The largest absolute Gasteiger partial charge is 0.322 e. The van der Waals surface area contributed by atoms with Crippen LogP contribution < -0.4 is 5.32 Å². The van der Waals surface area contributed by atoms with Crippen molar-refractivity contribution < 1.29 is 18.0 Å². The third-order valence-electron chi connectivity index (χ3n) is 5.24. The van der Waals surface area contributed by atoms with Crippen LogP contribution in [0, 0.1) is 11.8 Å². The van der Waals surface area contributed by atoms with Crippen LogP contribution in [-0.4, -0.2) is 37.5 Å². The molecule has 1 N–H and O–H groups in total. The molecule has 1 amide bonds. The van der Waals surface area contributed by atoms with E-state index in [9.17, 15) is 18.0 Å². The van der Waals surface area contributed by atoms with Crippen LogP contribution in [0.2, 0.25) is 0 Å². The molecule has 160 valence electrons. The highest BCUT2D eigenvalue weighted by molar-refractivity contribution is 9.10. The Labute approximate surface area is 185 Å². The summed E-state index contributed by atoms with van der Waals surface area (Å²) < 4.78 is 28.4. The number of ketones is 1. The standard InChI is InChI=1S/C22H25BrN2O4S/c1-15(2)21(26)16-9-11-25(12-10-16)30(28,29)20-8-3-5-17(13-20)22(27)24-19-7-4-6-18(23)14-19/h3-8,13-16H,9-12H2,1-2H3,(H,24,27). The van der Waals surface area contributed by atoms with E-state index in [2.05, 4.69) is 21.2 Å². The fourth-order valence-corrected chi connectivity index (χ4v) is 5.48. The third kappa shape index (κ3) is 5.17. The Morgan fingerprint density at radius 1 is 1.07 bits per heavy atom. The molecule has 0 saturated carbocycles. The van der Waals surface area contributed by atoms with Crippen LogP contribution in [-0.2, 0) is 14.8 Å². The molecule has 0 aliphatic carbocycles. The van der Waals surface area contributed by atoms with Crippen molar-refractivity contribution in [1.29, 1.82) is 0 Å². The van der Waals surface area contributed by atoms with E-state index in [0.717, 1.165) is 4.47 Å². The molecule has 0 radical (unpaired) electrons. The molecule has 1 heterocycles. The summed E-state index contributed by atoms with van der Waals surface area (Å²) in [7, 11) is -3.73.